The first kappa shape index (κ1) is 14.1. The summed E-state index contributed by atoms with van der Waals surface area (Å²) in [5.41, 5.74) is 1.22. The Morgan fingerprint density at radius 3 is 2.78 bits per heavy atom. The number of methoxy groups -OCH3 is 1. The van der Waals surface area contributed by atoms with Crippen LogP contribution >= 0.6 is 22.6 Å². The Kier molecular flexibility index (Phi) is 5.76. The molecule has 1 fully saturated rings. The highest BCUT2D eigenvalue weighted by Gasteiger charge is 2.18. The number of halogens is 1. The van der Waals surface area contributed by atoms with Gasteiger partial charge in [0, 0.05) is 4.43 Å². The first-order chi connectivity index (χ1) is 8.83. The smallest absolute Gasteiger partial charge is 0.119 e. The van der Waals surface area contributed by atoms with Gasteiger partial charge in [0.1, 0.15) is 5.75 Å². The van der Waals surface area contributed by atoms with Crippen molar-refractivity contribution < 1.29 is 9.47 Å². The van der Waals surface area contributed by atoms with E-state index in [1.165, 1.54) is 31.2 Å². The molecule has 2 nitrogen and oxygen atoms in total. The van der Waals surface area contributed by atoms with Crippen LogP contribution in [0.3, 0.4) is 0 Å². The van der Waals surface area contributed by atoms with Gasteiger partial charge in [-0.05, 0) is 36.5 Å². The van der Waals surface area contributed by atoms with Gasteiger partial charge in [0.2, 0.25) is 0 Å². The molecule has 100 valence electrons. The van der Waals surface area contributed by atoms with E-state index in [2.05, 4.69) is 34.7 Å². The lowest BCUT2D eigenvalue weighted by Gasteiger charge is -2.19. The lowest BCUT2D eigenvalue weighted by Crippen LogP contribution is -2.12. The van der Waals surface area contributed by atoms with Gasteiger partial charge in [-0.15, -0.1) is 0 Å². The van der Waals surface area contributed by atoms with Gasteiger partial charge < -0.3 is 9.47 Å². The van der Waals surface area contributed by atoms with Crippen molar-refractivity contribution in [1.29, 1.82) is 0 Å². The Labute approximate surface area is 123 Å². The fourth-order valence-electron chi connectivity index (χ4n) is 2.50. The molecule has 3 heteroatoms. The molecule has 18 heavy (non-hydrogen) atoms. The van der Waals surface area contributed by atoms with Crippen LogP contribution in [0.15, 0.2) is 24.3 Å². The van der Waals surface area contributed by atoms with E-state index in [4.69, 9.17) is 9.47 Å². The molecule has 1 aromatic rings. The number of rotatable bonds is 6. The van der Waals surface area contributed by atoms with Crippen LogP contribution in [0, 0.1) is 5.92 Å². The zero-order chi connectivity index (χ0) is 12.8. The number of benzene rings is 1. The SMILES string of the molecule is COc1cccc(C(CI)OCC2CCCC2)c1. The summed E-state index contributed by atoms with van der Waals surface area (Å²) in [6.45, 7) is 0.908. The van der Waals surface area contributed by atoms with E-state index < -0.39 is 0 Å². The molecule has 0 heterocycles. The third-order valence-electron chi connectivity index (χ3n) is 3.61. The van der Waals surface area contributed by atoms with Crippen molar-refractivity contribution >= 4 is 22.6 Å². The maximum absolute atomic E-state index is 6.10. The van der Waals surface area contributed by atoms with Gasteiger partial charge in [0.15, 0.2) is 0 Å². The van der Waals surface area contributed by atoms with E-state index in [9.17, 15) is 0 Å². The minimum absolute atomic E-state index is 0.196. The fourth-order valence-corrected chi connectivity index (χ4v) is 3.26. The molecule has 1 saturated carbocycles. The molecule has 0 N–H and O–H groups in total. The summed E-state index contributed by atoms with van der Waals surface area (Å²) < 4.78 is 12.4. The molecule has 0 bridgehead atoms. The highest BCUT2D eigenvalue weighted by molar-refractivity contribution is 14.1. The fraction of sp³-hybridized carbons (Fsp3) is 0.600. The number of ether oxygens (including phenoxy) is 2. The van der Waals surface area contributed by atoms with Crippen molar-refractivity contribution in [3.63, 3.8) is 0 Å². The van der Waals surface area contributed by atoms with Crippen LogP contribution in [0.5, 0.6) is 5.75 Å². The Morgan fingerprint density at radius 1 is 1.33 bits per heavy atom. The Hall–Kier alpha value is -0.290. The molecule has 1 atom stereocenters. The predicted octanol–water partition coefficient (Wildman–Crippen LogP) is 4.38. The van der Waals surface area contributed by atoms with Gasteiger partial charge in [-0.25, -0.2) is 0 Å². The Balaban J connectivity index is 1.93. The third kappa shape index (κ3) is 3.85. The minimum Gasteiger partial charge on any atom is -0.497 e. The summed E-state index contributed by atoms with van der Waals surface area (Å²) >= 11 is 2.40. The van der Waals surface area contributed by atoms with Crippen LogP contribution in [0.25, 0.3) is 0 Å². The zero-order valence-corrected chi connectivity index (χ0v) is 13.1. The van der Waals surface area contributed by atoms with Crippen LogP contribution in [0.2, 0.25) is 0 Å². The average Bonchev–Trinajstić information content (AvgIpc) is 2.93. The molecule has 1 aliphatic carbocycles. The normalized spacial score (nSPS) is 17.9. The Bertz CT molecular complexity index is 361. The molecule has 0 spiro atoms. The lowest BCUT2D eigenvalue weighted by molar-refractivity contribution is 0.0453. The molecule has 0 saturated heterocycles. The van der Waals surface area contributed by atoms with Crippen molar-refractivity contribution in [2.75, 3.05) is 18.1 Å². The monoisotopic (exact) mass is 360 g/mol. The molecule has 0 radical (unpaired) electrons. The van der Waals surface area contributed by atoms with Crippen LogP contribution in [0.4, 0.5) is 0 Å². The second-order valence-corrected chi connectivity index (χ2v) is 5.78. The number of alkyl halides is 1. The molecule has 2 rings (SSSR count). The van der Waals surface area contributed by atoms with E-state index in [1.54, 1.807) is 7.11 Å². The predicted molar refractivity (Wildman–Crippen MR) is 82.5 cm³/mol. The molecule has 0 aliphatic heterocycles. The highest BCUT2D eigenvalue weighted by Crippen LogP contribution is 2.29. The quantitative estimate of drug-likeness (QED) is 0.554. The maximum atomic E-state index is 6.10. The first-order valence-corrected chi connectivity index (χ1v) is 8.17. The van der Waals surface area contributed by atoms with Crippen molar-refractivity contribution in [3.05, 3.63) is 29.8 Å². The number of hydrogen-bond acceptors (Lipinski definition) is 2. The summed E-state index contributed by atoms with van der Waals surface area (Å²) in [7, 11) is 1.71. The van der Waals surface area contributed by atoms with Gasteiger partial charge in [-0.1, -0.05) is 47.6 Å². The summed E-state index contributed by atoms with van der Waals surface area (Å²) in [5, 5.41) is 0. The summed E-state index contributed by atoms with van der Waals surface area (Å²) in [5.74, 6) is 1.69. The van der Waals surface area contributed by atoms with Crippen molar-refractivity contribution in [1.82, 2.24) is 0 Å². The largest absolute Gasteiger partial charge is 0.497 e. The lowest BCUT2D eigenvalue weighted by atomic mass is 10.1. The first-order valence-electron chi connectivity index (χ1n) is 6.65. The molecule has 1 aliphatic rings. The van der Waals surface area contributed by atoms with Crippen LogP contribution in [0.1, 0.15) is 37.4 Å². The summed E-state index contributed by atoms with van der Waals surface area (Å²) in [6, 6.07) is 8.22. The Morgan fingerprint density at radius 2 is 2.11 bits per heavy atom. The van der Waals surface area contributed by atoms with Crippen molar-refractivity contribution in [3.8, 4) is 5.75 Å². The molecular formula is C15H21IO2. The highest BCUT2D eigenvalue weighted by atomic mass is 127. The van der Waals surface area contributed by atoms with Gasteiger partial charge >= 0.3 is 0 Å². The van der Waals surface area contributed by atoms with E-state index in [-0.39, 0.29) is 6.10 Å². The van der Waals surface area contributed by atoms with E-state index in [0.717, 1.165) is 22.7 Å². The van der Waals surface area contributed by atoms with Crippen LogP contribution in [-0.4, -0.2) is 18.1 Å². The van der Waals surface area contributed by atoms with Crippen LogP contribution in [-0.2, 0) is 4.74 Å². The molecule has 0 aromatic heterocycles. The molecule has 1 aromatic carbocycles. The van der Waals surface area contributed by atoms with Crippen LogP contribution < -0.4 is 4.74 Å². The van der Waals surface area contributed by atoms with E-state index in [1.807, 2.05) is 12.1 Å². The average molecular weight is 360 g/mol. The van der Waals surface area contributed by atoms with Gasteiger partial charge in [-0.3, -0.25) is 0 Å². The van der Waals surface area contributed by atoms with Gasteiger partial charge in [0.05, 0.1) is 19.8 Å². The van der Waals surface area contributed by atoms with E-state index >= 15 is 0 Å². The molecule has 0 amide bonds. The van der Waals surface area contributed by atoms with E-state index in [0.29, 0.717) is 0 Å². The zero-order valence-electron chi connectivity index (χ0n) is 10.9. The van der Waals surface area contributed by atoms with Crippen molar-refractivity contribution in [2.45, 2.75) is 31.8 Å². The minimum atomic E-state index is 0.196. The van der Waals surface area contributed by atoms with Crippen molar-refractivity contribution in [2.24, 2.45) is 5.92 Å². The number of hydrogen-bond donors (Lipinski definition) is 0. The second-order valence-electron chi connectivity index (χ2n) is 4.90. The summed E-state index contributed by atoms with van der Waals surface area (Å²) in [6.07, 6.45) is 5.63. The second kappa shape index (κ2) is 7.34. The van der Waals surface area contributed by atoms with Gasteiger partial charge in [0.25, 0.3) is 0 Å². The maximum Gasteiger partial charge on any atom is 0.119 e. The van der Waals surface area contributed by atoms with Gasteiger partial charge in [-0.2, -0.15) is 0 Å². The molecule has 1 unspecified atom stereocenters. The molecular weight excluding hydrogens is 339 g/mol. The standard InChI is InChI=1S/C15H21IO2/c1-17-14-8-4-7-13(9-14)15(10-16)18-11-12-5-2-3-6-12/h4,7-9,12,15H,2-3,5-6,10-11H2,1H3. The summed E-state index contributed by atoms with van der Waals surface area (Å²) in [4.78, 5) is 0. The topological polar surface area (TPSA) is 18.5 Å². The third-order valence-corrected chi connectivity index (χ3v) is 4.41.